The molecule has 1 aromatic carbocycles. The largest absolute Gasteiger partial charge is 0.340 e. The van der Waals surface area contributed by atoms with Crippen molar-refractivity contribution in [3.05, 3.63) is 48.5 Å². The zero-order valence-electron chi connectivity index (χ0n) is 11.8. The van der Waals surface area contributed by atoms with Crippen LogP contribution in [0, 0.1) is 0 Å². The normalized spacial score (nSPS) is 23.5. The minimum absolute atomic E-state index is 0.0651. The zero-order chi connectivity index (χ0) is 15.0. The molecule has 7 heteroatoms. The fourth-order valence-corrected chi connectivity index (χ4v) is 4.19. The zero-order valence-corrected chi connectivity index (χ0v) is 12.6. The van der Waals surface area contributed by atoms with Crippen molar-refractivity contribution in [3.8, 4) is 0 Å². The molecule has 2 atom stereocenters. The predicted molar refractivity (Wildman–Crippen MR) is 79.1 cm³/mol. The Kier molecular flexibility index (Phi) is 3.56. The van der Waals surface area contributed by atoms with Gasteiger partial charge >= 0.3 is 0 Å². The minimum atomic E-state index is -3.49. The number of nitrogens with two attached hydrogens (primary N) is 1. The number of hydrogen-bond donors (Lipinski definition) is 1. The van der Waals surface area contributed by atoms with Gasteiger partial charge in [-0.25, -0.2) is 13.4 Å². The van der Waals surface area contributed by atoms with Gasteiger partial charge in [-0.15, -0.1) is 0 Å². The van der Waals surface area contributed by atoms with Crippen molar-refractivity contribution in [1.82, 2.24) is 13.9 Å². The molecule has 0 unspecified atom stereocenters. The third-order valence-corrected chi connectivity index (χ3v) is 5.66. The van der Waals surface area contributed by atoms with Crippen LogP contribution in [0.4, 0.5) is 0 Å². The monoisotopic (exact) mass is 306 g/mol. The van der Waals surface area contributed by atoms with Crippen molar-refractivity contribution in [3.63, 3.8) is 0 Å². The average Bonchev–Trinajstić information content (AvgIpc) is 3.06. The molecular weight excluding hydrogens is 288 g/mol. The minimum Gasteiger partial charge on any atom is -0.340 e. The van der Waals surface area contributed by atoms with Gasteiger partial charge in [-0.2, -0.15) is 4.31 Å². The van der Waals surface area contributed by atoms with Crippen LogP contribution < -0.4 is 5.73 Å². The Morgan fingerprint density at radius 2 is 1.95 bits per heavy atom. The lowest BCUT2D eigenvalue weighted by atomic mass is 10.0. The molecule has 21 heavy (non-hydrogen) atoms. The molecule has 0 amide bonds. The third-order valence-electron chi connectivity index (χ3n) is 3.82. The van der Waals surface area contributed by atoms with Crippen LogP contribution in [0.5, 0.6) is 0 Å². The van der Waals surface area contributed by atoms with E-state index >= 15 is 0 Å². The highest BCUT2D eigenvalue weighted by atomic mass is 32.2. The van der Waals surface area contributed by atoms with Crippen molar-refractivity contribution >= 4 is 10.0 Å². The summed E-state index contributed by atoms with van der Waals surface area (Å²) in [6.07, 6.45) is 3.60. The first-order valence-corrected chi connectivity index (χ1v) is 8.21. The highest BCUT2D eigenvalue weighted by Gasteiger charge is 2.39. The van der Waals surface area contributed by atoms with E-state index in [0.717, 1.165) is 5.69 Å². The van der Waals surface area contributed by atoms with Crippen molar-refractivity contribution in [2.75, 3.05) is 13.1 Å². The number of benzene rings is 1. The van der Waals surface area contributed by atoms with Crippen molar-refractivity contribution in [2.45, 2.75) is 16.9 Å². The summed E-state index contributed by atoms with van der Waals surface area (Å²) in [7, 11) is -1.60. The van der Waals surface area contributed by atoms with Crippen LogP contribution in [0.15, 0.2) is 47.8 Å². The molecule has 1 aliphatic rings. The van der Waals surface area contributed by atoms with Crippen LogP contribution in [-0.4, -0.2) is 41.4 Å². The van der Waals surface area contributed by atoms with Crippen molar-refractivity contribution in [2.24, 2.45) is 12.8 Å². The molecule has 2 N–H and O–H groups in total. The fourth-order valence-electron chi connectivity index (χ4n) is 2.67. The summed E-state index contributed by atoms with van der Waals surface area (Å²) in [4.78, 5) is 4.60. The van der Waals surface area contributed by atoms with Gasteiger partial charge in [0.25, 0.3) is 0 Å². The van der Waals surface area contributed by atoms with Crippen LogP contribution in [0.2, 0.25) is 0 Å². The van der Waals surface area contributed by atoms with E-state index in [-0.39, 0.29) is 12.0 Å². The standard InChI is InChI=1S/C14H18N4O2S/c1-17-9-14(16-10-17)12-7-18(8-13(12)15)21(19,20)11-5-3-2-4-6-11/h2-6,9-10,12-13H,7-8,15H2,1H3/t12-,13-/m1/s1. The van der Waals surface area contributed by atoms with Gasteiger partial charge in [-0.05, 0) is 12.1 Å². The molecule has 2 heterocycles. The van der Waals surface area contributed by atoms with Gasteiger partial charge in [-0.3, -0.25) is 0 Å². The number of aromatic nitrogens is 2. The predicted octanol–water partition coefficient (Wildman–Crippen LogP) is 0.536. The maximum Gasteiger partial charge on any atom is 0.243 e. The first-order valence-electron chi connectivity index (χ1n) is 6.77. The number of nitrogens with zero attached hydrogens (tertiary/aromatic N) is 3. The molecule has 3 rings (SSSR count). The Balaban J connectivity index is 1.86. The highest BCUT2D eigenvalue weighted by molar-refractivity contribution is 7.89. The summed E-state index contributed by atoms with van der Waals surface area (Å²) in [5.41, 5.74) is 6.97. The van der Waals surface area contributed by atoms with E-state index in [1.54, 1.807) is 36.7 Å². The molecule has 1 saturated heterocycles. The maximum absolute atomic E-state index is 12.6. The second-order valence-corrected chi connectivity index (χ2v) is 7.31. The first-order chi connectivity index (χ1) is 9.98. The molecule has 0 bridgehead atoms. The Hall–Kier alpha value is -1.70. The number of imidazole rings is 1. The van der Waals surface area contributed by atoms with E-state index in [2.05, 4.69) is 4.98 Å². The maximum atomic E-state index is 12.6. The van der Waals surface area contributed by atoms with E-state index in [4.69, 9.17) is 5.73 Å². The van der Waals surface area contributed by atoms with E-state index in [0.29, 0.717) is 18.0 Å². The van der Waals surface area contributed by atoms with Crippen LogP contribution in [0.1, 0.15) is 11.6 Å². The second kappa shape index (κ2) is 5.25. The summed E-state index contributed by atoms with van der Waals surface area (Å²) in [6.45, 7) is 0.688. The summed E-state index contributed by atoms with van der Waals surface area (Å²) in [6, 6.07) is 8.21. The molecule has 0 saturated carbocycles. The third kappa shape index (κ3) is 2.59. The number of sulfonamides is 1. The van der Waals surface area contributed by atoms with Crippen LogP contribution in [-0.2, 0) is 17.1 Å². The topological polar surface area (TPSA) is 81.2 Å². The van der Waals surface area contributed by atoms with Gasteiger partial charge in [0.15, 0.2) is 0 Å². The van der Waals surface area contributed by atoms with E-state index < -0.39 is 10.0 Å². The lowest BCUT2D eigenvalue weighted by Gasteiger charge is -2.15. The van der Waals surface area contributed by atoms with Crippen LogP contribution >= 0.6 is 0 Å². The average molecular weight is 306 g/mol. The van der Waals surface area contributed by atoms with Gasteiger partial charge in [-0.1, -0.05) is 18.2 Å². The molecule has 1 aliphatic heterocycles. The molecule has 1 aromatic heterocycles. The number of rotatable bonds is 3. The lowest BCUT2D eigenvalue weighted by molar-refractivity contribution is 0.470. The molecular formula is C14H18N4O2S. The summed E-state index contributed by atoms with van der Waals surface area (Å²) < 4.78 is 28.5. The van der Waals surface area contributed by atoms with E-state index in [9.17, 15) is 8.42 Å². The Morgan fingerprint density at radius 3 is 2.57 bits per heavy atom. The Morgan fingerprint density at radius 1 is 1.24 bits per heavy atom. The van der Waals surface area contributed by atoms with E-state index in [1.165, 1.54) is 4.31 Å². The van der Waals surface area contributed by atoms with Gasteiger partial charge < -0.3 is 10.3 Å². The summed E-state index contributed by atoms with van der Waals surface area (Å²) in [5, 5.41) is 0. The molecule has 0 radical (unpaired) electrons. The summed E-state index contributed by atoms with van der Waals surface area (Å²) >= 11 is 0. The quantitative estimate of drug-likeness (QED) is 0.897. The molecule has 0 aliphatic carbocycles. The molecule has 0 spiro atoms. The highest BCUT2D eigenvalue weighted by Crippen LogP contribution is 2.29. The second-order valence-electron chi connectivity index (χ2n) is 5.37. The van der Waals surface area contributed by atoms with Gasteiger partial charge in [0, 0.05) is 38.3 Å². The number of aryl methyl sites for hydroxylation is 1. The van der Waals surface area contributed by atoms with Crippen molar-refractivity contribution in [1.29, 1.82) is 0 Å². The Bertz CT molecular complexity index is 726. The van der Waals surface area contributed by atoms with Gasteiger partial charge in [0.2, 0.25) is 10.0 Å². The first kappa shape index (κ1) is 14.2. The molecule has 6 nitrogen and oxygen atoms in total. The Labute approximate surface area is 124 Å². The molecule has 1 fully saturated rings. The van der Waals surface area contributed by atoms with Gasteiger partial charge in [0.05, 0.1) is 16.9 Å². The van der Waals surface area contributed by atoms with Gasteiger partial charge in [0.1, 0.15) is 0 Å². The fraction of sp³-hybridized carbons (Fsp3) is 0.357. The molecule has 2 aromatic rings. The molecule has 112 valence electrons. The van der Waals surface area contributed by atoms with Crippen molar-refractivity contribution < 1.29 is 8.42 Å². The smallest absolute Gasteiger partial charge is 0.243 e. The SMILES string of the molecule is Cn1cnc([C@@H]2CN(S(=O)(=O)c3ccccc3)C[C@H]2N)c1. The van der Waals surface area contributed by atoms with E-state index in [1.807, 2.05) is 17.8 Å². The lowest BCUT2D eigenvalue weighted by Crippen LogP contribution is -2.32. The van der Waals surface area contributed by atoms with Crippen LogP contribution in [0.25, 0.3) is 0 Å². The van der Waals surface area contributed by atoms with Crippen LogP contribution in [0.3, 0.4) is 0 Å². The summed E-state index contributed by atoms with van der Waals surface area (Å²) in [5.74, 6) is -0.0651. The number of hydrogen-bond acceptors (Lipinski definition) is 4.